The summed E-state index contributed by atoms with van der Waals surface area (Å²) in [5.41, 5.74) is 0.399. The van der Waals surface area contributed by atoms with E-state index in [1.165, 1.54) is 0 Å². The number of nitrogens with zero attached hydrogens (tertiary/aromatic N) is 2. The summed E-state index contributed by atoms with van der Waals surface area (Å²) in [6.07, 6.45) is 1.15. The number of hydrogen-bond donors (Lipinski definition) is 2. The molecular formula is C5H9N3O3S. The second kappa shape index (κ2) is 2.85. The van der Waals surface area contributed by atoms with Crippen LogP contribution in [0.2, 0.25) is 0 Å². The number of nitrogens with one attached hydrogen (secondary N) is 1. The van der Waals surface area contributed by atoms with Gasteiger partial charge in [0.15, 0.2) is 0 Å². The second-order valence-electron chi connectivity index (χ2n) is 2.30. The molecule has 0 amide bonds. The third-order valence-electron chi connectivity index (χ3n) is 1.41. The van der Waals surface area contributed by atoms with Crippen molar-refractivity contribution in [2.75, 3.05) is 7.05 Å². The second-order valence-corrected chi connectivity index (χ2v) is 4.22. The Morgan fingerprint density at radius 2 is 2.25 bits per heavy atom. The lowest BCUT2D eigenvalue weighted by Crippen LogP contribution is -2.23. The molecule has 0 atom stereocenters. The van der Waals surface area contributed by atoms with E-state index < -0.39 is 10.0 Å². The minimum Gasteiger partial charge on any atom is -0.299 e. The van der Waals surface area contributed by atoms with Crippen LogP contribution in [0, 0.1) is 6.92 Å². The first-order chi connectivity index (χ1) is 5.46. The smallest absolute Gasteiger partial charge is 0.267 e. The number of aromatic amines is 1. The van der Waals surface area contributed by atoms with Gasteiger partial charge in [0.05, 0.1) is 11.9 Å². The highest BCUT2D eigenvalue weighted by Gasteiger charge is 2.22. The Morgan fingerprint density at radius 3 is 2.58 bits per heavy atom. The van der Waals surface area contributed by atoms with Gasteiger partial charge in [-0.25, -0.2) is 8.42 Å². The predicted octanol–water partition coefficient (Wildman–Crippen LogP) is -0.272. The molecule has 0 radical (unpaired) electrons. The van der Waals surface area contributed by atoms with Gasteiger partial charge in [0, 0.05) is 7.05 Å². The first-order valence-electron chi connectivity index (χ1n) is 3.14. The molecule has 0 fully saturated rings. The van der Waals surface area contributed by atoms with E-state index in [-0.39, 0.29) is 9.36 Å². The van der Waals surface area contributed by atoms with Crippen LogP contribution >= 0.6 is 0 Å². The van der Waals surface area contributed by atoms with Crippen molar-refractivity contribution in [2.45, 2.75) is 11.8 Å². The highest BCUT2D eigenvalue weighted by Crippen LogP contribution is 2.13. The fourth-order valence-electron chi connectivity index (χ4n) is 0.742. The summed E-state index contributed by atoms with van der Waals surface area (Å²) in [6.45, 7) is 1.56. The number of rotatable bonds is 2. The monoisotopic (exact) mass is 191 g/mol. The van der Waals surface area contributed by atoms with Gasteiger partial charge in [-0.3, -0.25) is 10.3 Å². The summed E-state index contributed by atoms with van der Waals surface area (Å²) >= 11 is 0. The molecule has 2 N–H and O–H groups in total. The van der Waals surface area contributed by atoms with E-state index in [1.54, 1.807) is 6.92 Å². The lowest BCUT2D eigenvalue weighted by molar-refractivity contribution is 0.0309. The fourth-order valence-corrected chi connectivity index (χ4v) is 1.65. The van der Waals surface area contributed by atoms with Gasteiger partial charge in [-0.05, 0) is 6.92 Å². The Morgan fingerprint density at radius 1 is 1.67 bits per heavy atom. The highest BCUT2D eigenvalue weighted by atomic mass is 32.2. The van der Waals surface area contributed by atoms with Crippen LogP contribution in [-0.4, -0.2) is 35.3 Å². The average Bonchev–Trinajstić information content (AvgIpc) is 2.35. The predicted molar refractivity (Wildman–Crippen MR) is 40.1 cm³/mol. The van der Waals surface area contributed by atoms with Gasteiger partial charge in [0.2, 0.25) is 0 Å². The molecule has 1 rings (SSSR count). The molecule has 0 aliphatic heterocycles. The Balaban J connectivity index is 3.24. The number of sulfonamides is 1. The summed E-state index contributed by atoms with van der Waals surface area (Å²) in [5.74, 6) is 0. The quantitative estimate of drug-likeness (QED) is 0.630. The van der Waals surface area contributed by atoms with E-state index >= 15 is 0 Å². The zero-order chi connectivity index (χ0) is 9.35. The Bertz CT molecular complexity index is 367. The molecule has 6 nitrogen and oxygen atoms in total. The first-order valence-corrected chi connectivity index (χ1v) is 4.58. The molecule has 0 aromatic carbocycles. The van der Waals surface area contributed by atoms with E-state index in [1.807, 2.05) is 0 Å². The largest absolute Gasteiger partial charge is 0.299 e. The summed E-state index contributed by atoms with van der Waals surface area (Å²) < 4.78 is 22.6. The average molecular weight is 191 g/mol. The molecule has 1 aromatic heterocycles. The van der Waals surface area contributed by atoms with Gasteiger partial charge in [0.1, 0.15) is 4.90 Å². The van der Waals surface area contributed by atoms with E-state index in [0.717, 1.165) is 13.2 Å². The van der Waals surface area contributed by atoms with Crippen LogP contribution in [0.5, 0.6) is 0 Å². The van der Waals surface area contributed by atoms with Gasteiger partial charge < -0.3 is 0 Å². The summed E-state index contributed by atoms with van der Waals surface area (Å²) in [6, 6.07) is 0. The van der Waals surface area contributed by atoms with Gasteiger partial charge in [0.25, 0.3) is 10.0 Å². The van der Waals surface area contributed by atoms with E-state index in [0.29, 0.717) is 5.69 Å². The zero-order valence-corrected chi connectivity index (χ0v) is 7.46. The minimum absolute atomic E-state index is 0.0208. The van der Waals surface area contributed by atoms with Gasteiger partial charge in [-0.1, -0.05) is 4.47 Å². The molecule has 12 heavy (non-hydrogen) atoms. The van der Waals surface area contributed by atoms with E-state index in [9.17, 15) is 8.42 Å². The zero-order valence-electron chi connectivity index (χ0n) is 6.64. The number of aromatic nitrogens is 2. The molecule has 0 saturated carbocycles. The number of aryl methyl sites for hydroxylation is 1. The van der Waals surface area contributed by atoms with Crippen LogP contribution in [0.1, 0.15) is 5.69 Å². The Labute approximate surface area is 69.8 Å². The van der Waals surface area contributed by atoms with Gasteiger partial charge >= 0.3 is 0 Å². The van der Waals surface area contributed by atoms with Crippen LogP contribution in [0.15, 0.2) is 11.1 Å². The summed E-state index contributed by atoms with van der Waals surface area (Å²) in [5, 5.41) is 14.8. The van der Waals surface area contributed by atoms with Crippen molar-refractivity contribution in [1.29, 1.82) is 0 Å². The third kappa shape index (κ3) is 1.33. The fraction of sp³-hybridized carbons (Fsp3) is 0.400. The number of H-pyrrole nitrogens is 1. The number of hydroxylamine groups is 1. The molecule has 0 bridgehead atoms. The van der Waals surface area contributed by atoms with Gasteiger partial charge in [-0.2, -0.15) is 5.10 Å². The third-order valence-corrected chi connectivity index (χ3v) is 3.07. The van der Waals surface area contributed by atoms with E-state index in [4.69, 9.17) is 5.21 Å². The Hall–Kier alpha value is -0.920. The van der Waals surface area contributed by atoms with Crippen LogP contribution in [0.3, 0.4) is 0 Å². The SMILES string of the molecule is Cc1[nH]ncc1S(=O)(=O)N(C)O. The standard InChI is InChI=1S/C5H9N3O3S/c1-4-5(3-6-7-4)12(10,11)8(2)9/h3,9H,1-2H3,(H,6,7). The summed E-state index contributed by atoms with van der Waals surface area (Å²) in [7, 11) is -2.73. The normalized spacial score (nSPS) is 12.3. The molecule has 0 spiro atoms. The van der Waals surface area contributed by atoms with Crippen molar-refractivity contribution >= 4 is 10.0 Å². The maximum absolute atomic E-state index is 11.2. The van der Waals surface area contributed by atoms with Crippen molar-refractivity contribution in [3.63, 3.8) is 0 Å². The lowest BCUT2D eigenvalue weighted by atomic mass is 10.5. The summed E-state index contributed by atoms with van der Waals surface area (Å²) in [4.78, 5) is -0.0208. The van der Waals surface area contributed by atoms with E-state index in [2.05, 4.69) is 10.2 Å². The minimum atomic E-state index is -3.77. The maximum atomic E-state index is 11.2. The molecule has 68 valence electrons. The van der Waals surface area contributed by atoms with Crippen LogP contribution in [0.25, 0.3) is 0 Å². The lowest BCUT2D eigenvalue weighted by Gasteiger charge is -2.07. The number of hydrogen-bond acceptors (Lipinski definition) is 4. The van der Waals surface area contributed by atoms with Crippen molar-refractivity contribution in [3.05, 3.63) is 11.9 Å². The highest BCUT2D eigenvalue weighted by molar-refractivity contribution is 7.89. The topological polar surface area (TPSA) is 86.3 Å². The first kappa shape index (κ1) is 9.17. The van der Waals surface area contributed by atoms with Crippen molar-refractivity contribution in [2.24, 2.45) is 0 Å². The molecule has 0 aliphatic rings. The molecule has 0 aliphatic carbocycles. The Kier molecular flexibility index (Phi) is 2.18. The maximum Gasteiger partial charge on any atom is 0.267 e. The van der Waals surface area contributed by atoms with Crippen molar-refractivity contribution in [1.82, 2.24) is 14.7 Å². The molecule has 1 heterocycles. The molecule has 0 unspecified atom stereocenters. The molecule has 0 saturated heterocycles. The van der Waals surface area contributed by atoms with Crippen LogP contribution in [-0.2, 0) is 10.0 Å². The van der Waals surface area contributed by atoms with Crippen LogP contribution < -0.4 is 0 Å². The van der Waals surface area contributed by atoms with Gasteiger partial charge in [-0.15, -0.1) is 0 Å². The van der Waals surface area contributed by atoms with Crippen molar-refractivity contribution in [3.8, 4) is 0 Å². The van der Waals surface area contributed by atoms with Crippen molar-refractivity contribution < 1.29 is 13.6 Å². The van der Waals surface area contributed by atoms with Crippen LogP contribution in [0.4, 0.5) is 0 Å². The molecule has 1 aromatic rings. The molecule has 7 heteroatoms. The molecular weight excluding hydrogens is 182 g/mol.